The largest absolute Gasteiger partial charge is 0.476 e. The molecular formula is C13H18N2O. The fourth-order valence-corrected chi connectivity index (χ4v) is 1.53. The molecule has 1 atom stereocenters. The zero-order valence-electron chi connectivity index (χ0n) is 10.2. The lowest BCUT2D eigenvalue weighted by Crippen LogP contribution is -2.10. The van der Waals surface area contributed by atoms with Gasteiger partial charge in [-0.1, -0.05) is 20.3 Å². The summed E-state index contributed by atoms with van der Waals surface area (Å²) in [4.78, 5) is 4.23. The Kier molecular flexibility index (Phi) is 4.78. The summed E-state index contributed by atoms with van der Waals surface area (Å²) >= 11 is 0. The predicted octanol–water partition coefficient (Wildman–Crippen LogP) is 3.08. The van der Waals surface area contributed by atoms with E-state index in [9.17, 15) is 0 Å². The van der Waals surface area contributed by atoms with Crippen molar-refractivity contribution in [2.75, 3.05) is 6.61 Å². The average molecular weight is 218 g/mol. The molecule has 0 spiro atoms. The molecule has 3 heteroatoms. The zero-order valence-corrected chi connectivity index (χ0v) is 10.2. The third-order valence-corrected chi connectivity index (χ3v) is 2.41. The molecule has 0 aliphatic carbocycles. The summed E-state index contributed by atoms with van der Waals surface area (Å²) in [6.45, 7) is 6.82. The topological polar surface area (TPSA) is 45.9 Å². The van der Waals surface area contributed by atoms with Gasteiger partial charge in [0.1, 0.15) is 11.6 Å². The lowest BCUT2D eigenvalue weighted by atomic mass is 10.1. The van der Waals surface area contributed by atoms with E-state index in [0.29, 0.717) is 24.0 Å². The highest BCUT2D eigenvalue weighted by atomic mass is 16.5. The second-order valence-corrected chi connectivity index (χ2v) is 4.12. The highest BCUT2D eigenvalue weighted by Gasteiger charge is 2.07. The molecular weight excluding hydrogens is 200 g/mol. The Hall–Kier alpha value is -1.56. The Morgan fingerprint density at radius 3 is 2.88 bits per heavy atom. The monoisotopic (exact) mass is 218 g/mol. The molecule has 0 amide bonds. The standard InChI is InChI=1S/C13H18N2O/c1-4-5-10(2)9-16-13-12(8-14)7-6-11(3)15-13/h6-7,10H,4-5,9H2,1-3H3. The van der Waals surface area contributed by atoms with Gasteiger partial charge in [-0.05, 0) is 31.4 Å². The third-order valence-electron chi connectivity index (χ3n) is 2.41. The maximum atomic E-state index is 8.91. The van der Waals surface area contributed by atoms with Gasteiger partial charge < -0.3 is 4.74 Å². The lowest BCUT2D eigenvalue weighted by Gasteiger charge is -2.12. The third kappa shape index (κ3) is 3.54. The number of nitrogens with zero attached hydrogens (tertiary/aromatic N) is 2. The number of aryl methyl sites for hydroxylation is 1. The van der Waals surface area contributed by atoms with E-state index in [1.807, 2.05) is 13.0 Å². The van der Waals surface area contributed by atoms with E-state index in [-0.39, 0.29) is 0 Å². The normalized spacial score (nSPS) is 11.9. The molecule has 0 aromatic carbocycles. The van der Waals surface area contributed by atoms with Gasteiger partial charge in [-0.15, -0.1) is 0 Å². The van der Waals surface area contributed by atoms with Crippen molar-refractivity contribution in [1.82, 2.24) is 4.98 Å². The summed E-state index contributed by atoms with van der Waals surface area (Å²) in [5, 5.41) is 8.91. The first-order chi connectivity index (χ1) is 7.67. The van der Waals surface area contributed by atoms with Crippen molar-refractivity contribution in [3.05, 3.63) is 23.4 Å². The van der Waals surface area contributed by atoms with Gasteiger partial charge >= 0.3 is 0 Å². The molecule has 16 heavy (non-hydrogen) atoms. The number of pyridine rings is 1. The minimum absolute atomic E-state index is 0.463. The van der Waals surface area contributed by atoms with Gasteiger partial charge in [0, 0.05) is 5.69 Å². The minimum atomic E-state index is 0.463. The van der Waals surface area contributed by atoms with Crippen molar-refractivity contribution < 1.29 is 4.74 Å². The van der Waals surface area contributed by atoms with Crippen molar-refractivity contribution >= 4 is 0 Å². The van der Waals surface area contributed by atoms with Gasteiger partial charge in [0.15, 0.2) is 0 Å². The van der Waals surface area contributed by atoms with Crippen molar-refractivity contribution in [1.29, 1.82) is 5.26 Å². The first-order valence-electron chi connectivity index (χ1n) is 5.68. The molecule has 0 saturated heterocycles. The molecule has 0 fully saturated rings. The molecule has 0 N–H and O–H groups in total. The quantitative estimate of drug-likeness (QED) is 0.763. The molecule has 3 nitrogen and oxygen atoms in total. The fraction of sp³-hybridized carbons (Fsp3) is 0.538. The number of aromatic nitrogens is 1. The van der Waals surface area contributed by atoms with Crippen LogP contribution < -0.4 is 4.74 Å². The Labute approximate surface area is 97.1 Å². The summed E-state index contributed by atoms with van der Waals surface area (Å²) in [6.07, 6.45) is 2.28. The molecule has 1 rings (SSSR count). The van der Waals surface area contributed by atoms with Crippen LogP contribution in [0.2, 0.25) is 0 Å². The molecule has 1 aromatic rings. The molecule has 1 heterocycles. The number of nitriles is 1. The molecule has 86 valence electrons. The second kappa shape index (κ2) is 6.12. The van der Waals surface area contributed by atoms with Gasteiger partial charge in [-0.25, -0.2) is 4.98 Å². The van der Waals surface area contributed by atoms with E-state index in [1.165, 1.54) is 0 Å². The van der Waals surface area contributed by atoms with E-state index in [4.69, 9.17) is 10.00 Å². The SMILES string of the molecule is CCCC(C)COc1nc(C)ccc1C#N. The Bertz CT molecular complexity index is 382. The first kappa shape index (κ1) is 12.5. The lowest BCUT2D eigenvalue weighted by molar-refractivity contribution is 0.242. The Balaban J connectivity index is 2.66. The van der Waals surface area contributed by atoms with Crippen molar-refractivity contribution in [3.8, 4) is 11.9 Å². The highest BCUT2D eigenvalue weighted by Crippen LogP contribution is 2.16. The number of ether oxygens (including phenoxy) is 1. The van der Waals surface area contributed by atoms with E-state index in [0.717, 1.165) is 18.5 Å². The summed E-state index contributed by atoms with van der Waals surface area (Å²) in [7, 11) is 0. The average Bonchev–Trinajstić information content (AvgIpc) is 2.27. The molecule has 0 saturated carbocycles. The van der Waals surface area contributed by atoms with Crippen LogP contribution in [0.15, 0.2) is 12.1 Å². The molecule has 1 unspecified atom stereocenters. The summed E-state index contributed by atoms with van der Waals surface area (Å²) in [6, 6.07) is 5.66. The van der Waals surface area contributed by atoms with Crippen LogP contribution in [0.25, 0.3) is 0 Å². The van der Waals surface area contributed by atoms with Crippen molar-refractivity contribution in [3.63, 3.8) is 0 Å². The van der Waals surface area contributed by atoms with Gasteiger partial charge in [0.2, 0.25) is 5.88 Å². The Morgan fingerprint density at radius 1 is 1.50 bits per heavy atom. The molecule has 0 radical (unpaired) electrons. The molecule has 0 aliphatic heterocycles. The molecule has 0 aliphatic rings. The van der Waals surface area contributed by atoms with Crippen LogP contribution in [-0.4, -0.2) is 11.6 Å². The van der Waals surface area contributed by atoms with E-state index < -0.39 is 0 Å². The summed E-state index contributed by atoms with van der Waals surface area (Å²) in [5.74, 6) is 0.962. The van der Waals surface area contributed by atoms with Crippen LogP contribution in [0.4, 0.5) is 0 Å². The smallest absolute Gasteiger partial charge is 0.231 e. The molecule has 1 aromatic heterocycles. The van der Waals surface area contributed by atoms with Gasteiger partial charge in [0.25, 0.3) is 0 Å². The Morgan fingerprint density at radius 2 is 2.25 bits per heavy atom. The predicted molar refractivity (Wildman–Crippen MR) is 63.3 cm³/mol. The van der Waals surface area contributed by atoms with E-state index >= 15 is 0 Å². The van der Waals surface area contributed by atoms with Crippen LogP contribution in [0.3, 0.4) is 0 Å². The minimum Gasteiger partial charge on any atom is -0.476 e. The highest BCUT2D eigenvalue weighted by molar-refractivity contribution is 5.38. The van der Waals surface area contributed by atoms with Crippen LogP contribution in [0, 0.1) is 24.2 Å². The second-order valence-electron chi connectivity index (χ2n) is 4.12. The fourth-order valence-electron chi connectivity index (χ4n) is 1.53. The van der Waals surface area contributed by atoms with Crippen LogP contribution in [-0.2, 0) is 0 Å². The van der Waals surface area contributed by atoms with E-state index in [2.05, 4.69) is 24.9 Å². The molecule has 0 bridgehead atoms. The van der Waals surface area contributed by atoms with E-state index in [1.54, 1.807) is 6.07 Å². The maximum absolute atomic E-state index is 8.91. The number of hydrogen-bond donors (Lipinski definition) is 0. The van der Waals surface area contributed by atoms with Crippen LogP contribution >= 0.6 is 0 Å². The van der Waals surface area contributed by atoms with Gasteiger partial charge in [-0.2, -0.15) is 5.26 Å². The number of rotatable bonds is 5. The van der Waals surface area contributed by atoms with Crippen LogP contribution in [0.1, 0.15) is 37.9 Å². The van der Waals surface area contributed by atoms with Crippen molar-refractivity contribution in [2.45, 2.75) is 33.6 Å². The zero-order chi connectivity index (χ0) is 12.0. The first-order valence-corrected chi connectivity index (χ1v) is 5.68. The van der Waals surface area contributed by atoms with Crippen molar-refractivity contribution in [2.24, 2.45) is 5.92 Å². The maximum Gasteiger partial charge on any atom is 0.231 e. The van der Waals surface area contributed by atoms with Crippen LogP contribution in [0.5, 0.6) is 5.88 Å². The summed E-state index contributed by atoms with van der Waals surface area (Å²) < 4.78 is 5.59. The van der Waals surface area contributed by atoms with Gasteiger partial charge in [-0.3, -0.25) is 0 Å². The van der Waals surface area contributed by atoms with Gasteiger partial charge in [0.05, 0.1) is 6.61 Å². The summed E-state index contributed by atoms with van der Waals surface area (Å²) in [5.41, 5.74) is 1.38. The number of hydrogen-bond acceptors (Lipinski definition) is 3.